The Hall–Kier alpha value is -3.27. The number of aromatic nitrogens is 1. The molecule has 32 heavy (non-hydrogen) atoms. The van der Waals surface area contributed by atoms with Gasteiger partial charge in [0.2, 0.25) is 5.43 Å². The zero-order valence-corrected chi connectivity index (χ0v) is 17.6. The average Bonchev–Trinajstić information content (AvgIpc) is 2.70. The Morgan fingerprint density at radius 2 is 1.97 bits per heavy atom. The maximum atomic E-state index is 13.8. The number of nitrogens with one attached hydrogen (secondary N) is 1. The number of carbonyl (C=O) groups excluding carboxylic acids is 2. The van der Waals surface area contributed by atoms with Crippen LogP contribution in [0.2, 0.25) is 0 Å². The van der Waals surface area contributed by atoms with Gasteiger partial charge in [-0.2, -0.15) is 0 Å². The fourth-order valence-corrected chi connectivity index (χ4v) is 4.44. The zero-order chi connectivity index (χ0) is 23.4. The molecule has 1 spiro atoms. The van der Waals surface area contributed by atoms with Crippen LogP contribution in [0, 0.1) is 11.6 Å². The van der Waals surface area contributed by atoms with Crippen LogP contribution in [-0.4, -0.2) is 50.2 Å². The third kappa shape index (κ3) is 3.44. The normalized spacial score (nSPS) is 22.1. The molecule has 0 unspecified atom stereocenters. The Bertz CT molecular complexity index is 1170. The summed E-state index contributed by atoms with van der Waals surface area (Å²) in [6.07, 6.45) is 1.20. The van der Waals surface area contributed by atoms with E-state index in [2.05, 4.69) is 5.32 Å². The monoisotopic (exact) mass is 447 g/mol. The lowest BCUT2D eigenvalue weighted by molar-refractivity contribution is -0.0528. The van der Waals surface area contributed by atoms with E-state index in [9.17, 15) is 33.4 Å². The summed E-state index contributed by atoms with van der Waals surface area (Å²) in [5.41, 5.74) is -2.40. The Morgan fingerprint density at radius 1 is 1.28 bits per heavy atom. The smallest absolute Gasteiger partial charge is 0.274 e. The largest absolute Gasteiger partial charge is 0.503 e. The second-order valence-electron chi connectivity index (χ2n) is 8.67. The van der Waals surface area contributed by atoms with Gasteiger partial charge in [0.1, 0.15) is 17.2 Å². The average molecular weight is 447 g/mol. The van der Waals surface area contributed by atoms with E-state index < -0.39 is 51.8 Å². The lowest BCUT2D eigenvalue weighted by Crippen LogP contribution is -2.63. The van der Waals surface area contributed by atoms with Gasteiger partial charge in [0.05, 0.1) is 11.6 Å². The summed E-state index contributed by atoms with van der Waals surface area (Å²) >= 11 is 0. The Labute approximate surface area is 182 Å². The van der Waals surface area contributed by atoms with Crippen LogP contribution in [0.3, 0.4) is 0 Å². The summed E-state index contributed by atoms with van der Waals surface area (Å²) in [6, 6.07) is 2.70. The molecule has 4 rings (SSSR count). The Balaban J connectivity index is 1.71. The van der Waals surface area contributed by atoms with Crippen LogP contribution < -0.4 is 10.7 Å². The highest BCUT2D eigenvalue weighted by atomic mass is 19.1. The van der Waals surface area contributed by atoms with Crippen molar-refractivity contribution in [2.45, 2.75) is 50.9 Å². The minimum Gasteiger partial charge on any atom is -0.503 e. The summed E-state index contributed by atoms with van der Waals surface area (Å²) in [5.74, 6) is -3.87. The molecule has 3 N–H and O–H groups in total. The molecule has 2 heterocycles. The lowest BCUT2D eigenvalue weighted by Gasteiger charge is -2.53. The first-order valence-electron chi connectivity index (χ1n) is 10.2. The number of halogens is 2. The van der Waals surface area contributed by atoms with Crippen molar-refractivity contribution in [1.82, 2.24) is 14.8 Å². The summed E-state index contributed by atoms with van der Waals surface area (Å²) in [7, 11) is 0. The van der Waals surface area contributed by atoms with E-state index in [-0.39, 0.29) is 30.4 Å². The maximum absolute atomic E-state index is 13.8. The number of amides is 2. The number of carbonyl (C=O) groups is 2. The van der Waals surface area contributed by atoms with Gasteiger partial charge in [0, 0.05) is 37.0 Å². The molecule has 0 atom stereocenters. The quantitative estimate of drug-likeness (QED) is 0.657. The minimum atomic E-state index is -1.03. The van der Waals surface area contributed by atoms with Crippen molar-refractivity contribution in [2.24, 2.45) is 0 Å². The molecule has 2 aliphatic rings. The van der Waals surface area contributed by atoms with E-state index in [0.29, 0.717) is 18.9 Å². The third-order valence-electron chi connectivity index (χ3n) is 6.18. The van der Waals surface area contributed by atoms with Crippen molar-refractivity contribution in [3.63, 3.8) is 0 Å². The van der Waals surface area contributed by atoms with Crippen molar-refractivity contribution in [3.05, 3.63) is 63.1 Å². The maximum Gasteiger partial charge on any atom is 0.274 e. The Kier molecular flexibility index (Phi) is 5.28. The van der Waals surface area contributed by atoms with Gasteiger partial charge in [-0.15, -0.1) is 0 Å². The molecule has 1 aliphatic heterocycles. The zero-order valence-electron chi connectivity index (χ0n) is 17.6. The number of aliphatic hydroxyl groups is 1. The molecule has 0 bridgehead atoms. The number of hydrogen-bond acceptors (Lipinski definition) is 5. The molecule has 1 fully saturated rings. The number of aromatic hydroxyl groups is 1. The van der Waals surface area contributed by atoms with Crippen molar-refractivity contribution in [1.29, 1.82) is 0 Å². The molecule has 0 saturated heterocycles. The number of pyridine rings is 1. The number of hydrogen-bond donors (Lipinski definition) is 3. The predicted octanol–water partition coefficient (Wildman–Crippen LogP) is 1.48. The van der Waals surface area contributed by atoms with Gasteiger partial charge in [0.25, 0.3) is 11.8 Å². The van der Waals surface area contributed by atoms with E-state index in [1.807, 2.05) is 13.8 Å². The molecule has 0 radical (unpaired) electrons. The molecule has 170 valence electrons. The van der Waals surface area contributed by atoms with E-state index >= 15 is 0 Å². The van der Waals surface area contributed by atoms with Crippen LogP contribution in [0.4, 0.5) is 8.78 Å². The molecule has 10 heteroatoms. The van der Waals surface area contributed by atoms with Crippen LogP contribution in [0.25, 0.3) is 0 Å². The highest BCUT2D eigenvalue weighted by molar-refractivity contribution is 5.99. The molecule has 8 nitrogen and oxygen atoms in total. The van der Waals surface area contributed by atoms with Crippen molar-refractivity contribution >= 4 is 11.8 Å². The molecule has 1 aliphatic carbocycles. The molecule has 2 aromatic rings. The van der Waals surface area contributed by atoms with E-state index in [0.717, 1.165) is 6.07 Å². The highest BCUT2D eigenvalue weighted by Crippen LogP contribution is 2.45. The van der Waals surface area contributed by atoms with Crippen LogP contribution in [-0.2, 0) is 12.1 Å². The standard InChI is InChI=1S/C22H23F2N3O5/c1-11(2)26-10-22(6-14(28)7-22)27-9-15(18(29)19(30)17(27)21(26)32)20(31)25-8-12-3-4-13(23)5-16(12)24/h3-5,9,11,14,28,30H,6-8,10H2,1-2H3,(H,25,31)/t14-,22-. The summed E-state index contributed by atoms with van der Waals surface area (Å²) < 4.78 is 28.3. The highest BCUT2D eigenvalue weighted by Gasteiger charge is 2.52. The van der Waals surface area contributed by atoms with Gasteiger partial charge in [-0.1, -0.05) is 6.07 Å². The summed E-state index contributed by atoms with van der Waals surface area (Å²) in [5, 5.41) is 22.9. The van der Waals surface area contributed by atoms with Crippen LogP contribution in [0.1, 0.15) is 53.1 Å². The number of rotatable bonds is 4. The number of benzene rings is 1. The molecule has 1 aromatic carbocycles. The van der Waals surface area contributed by atoms with E-state index in [1.165, 1.54) is 21.7 Å². The second kappa shape index (κ2) is 7.70. The SMILES string of the molecule is CC(C)N1C[C@]2(C[C@@H](O)C2)n2cc(C(=O)NCc3ccc(F)cc3F)c(=O)c(O)c2C1=O. The van der Waals surface area contributed by atoms with Gasteiger partial charge in [0.15, 0.2) is 11.4 Å². The van der Waals surface area contributed by atoms with Gasteiger partial charge < -0.3 is 25.0 Å². The van der Waals surface area contributed by atoms with Crippen molar-refractivity contribution in [2.75, 3.05) is 6.54 Å². The topological polar surface area (TPSA) is 112 Å². The number of fused-ring (bicyclic) bond motifs is 2. The minimum absolute atomic E-state index is 0.0170. The van der Waals surface area contributed by atoms with E-state index in [4.69, 9.17) is 0 Å². The molecule has 1 saturated carbocycles. The lowest BCUT2D eigenvalue weighted by atomic mass is 9.72. The number of nitrogens with zero attached hydrogens (tertiary/aromatic N) is 2. The van der Waals surface area contributed by atoms with Gasteiger partial charge >= 0.3 is 0 Å². The predicted molar refractivity (Wildman–Crippen MR) is 109 cm³/mol. The molecule has 2 amide bonds. The van der Waals surface area contributed by atoms with Gasteiger partial charge in [-0.3, -0.25) is 14.4 Å². The Morgan fingerprint density at radius 3 is 2.56 bits per heavy atom. The fraction of sp³-hybridized carbons (Fsp3) is 0.409. The van der Waals surface area contributed by atoms with Crippen LogP contribution in [0.5, 0.6) is 5.75 Å². The fourth-order valence-electron chi connectivity index (χ4n) is 4.44. The van der Waals surface area contributed by atoms with Gasteiger partial charge in [-0.05, 0) is 32.8 Å². The third-order valence-corrected chi connectivity index (χ3v) is 6.18. The van der Waals surface area contributed by atoms with Crippen LogP contribution >= 0.6 is 0 Å². The molecule has 1 aromatic heterocycles. The van der Waals surface area contributed by atoms with Crippen molar-refractivity contribution < 1.29 is 28.6 Å². The molecular weight excluding hydrogens is 424 g/mol. The van der Waals surface area contributed by atoms with Crippen molar-refractivity contribution in [3.8, 4) is 5.75 Å². The van der Waals surface area contributed by atoms with Gasteiger partial charge in [-0.25, -0.2) is 8.78 Å². The molecular formula is C22H23F2N3O5. The van der Waals surface area contributed by atoms with E-state index in [1.54, 1.807) is 0 Å². The first-order valence-corrected chi connectivity index (χ1v) is 10.2. The van der Waals surface area contributed by atoms with Crippen LogP contribution in [0.15, 0.2) is 29.2 Å². The first kappa shape index (κ1) is 21.9. The summed E-state index contributed by atoms with van der Waals surface area (Å²) in [4.78, 5) is 39.9. The number of aliphatic hydroxyl groups excluding tert-OH is 1. The second-order valence-corrected chi connectivity index (χ2v) is 8.67. The first-order chi connectivity index (χ1) is 15.0. The summed E-state index contributed by atoms with van der Waals surface area (Å²) in [6.45, 7) is 3.57.